The number of anilines is 1. The summed E-state index contributed by atoms with van der Waals surface area (Å²) < 4.78 is 55.3. The van der Waals surface area contributed by atoms with E-state index in [1.807, 2.05) is 0 Å². The molecule has 2 aromatic rings. The summed E-state index contributed by atoms with van der Waals surface area (Å²) >= 11 is 0. The van der Waals surface area contributed by atoms with Gasteiger partial charge in [-0.3, -0.25) is 0 Å². The van der Waals surface area contributed by atoms with Crippen molar-refractivity contribution in [2.24, 2.45) is 0 Å². The first-order chi connectivity index (χ1) is 12.3. The van der Waals surface area contributed by atoms with E-state index in [2.05, 4.69) is 5.10 Å². The molecule has 1 unspecified atom stereocenters. The highest BCUT2D eigenvalue weighted by Crippen LogP contribution is 2.42. The van der Waals surface area contributed by atoms with Crippen molar-refractivity contribution < 1.29 is 27.8 Å². The molecule has 9 heteroatoms. The van der Waals surface area contributed by atoms with Crippen LogP contribution in [0.5, 0.6) is 0 Å². The van der Waals surface area contributed by atoms with Crippen molar-refractivity contribution in [1.29, 1.82) is 0 Å². The molecule has 1 aliphatic rings. The Kier molecular flexibility index (Phi) is 5.19. The monoisotopic (exact) mass is 373 g/mol. The molecule has 26 heavy (non-hydrogen) atoms. The lowest BCUT2D eigenvalue weighted by Gasteiger charge is -2.29. The topological polar surface area (TPSA) is 61.5 Å². The van der Waals surface area contributed by atoms with Gasteiger partial charge >= 0.3 is 6.18 Å². The summed E-state index contributed by atoms with van der Waals surface area (Å²) in [5.41, 5.74) is -0.956. The molecule has 0 radical (unpaired) electrons. The van der Waals surface area contributed by atoms with Crippen molar-refractivity contribution in [3.8, 4) is 0 Å². The number of hydrogen-bond donors (Lipinski definition) is 2. The number of rotatable bonds is 5. The quantitative estimate of drug-likeness (QED) is 0.792. The van der Waals surface area contributed by atoms with Crippen LogP contribution in [0.3, 0.4) is 0 Å². The van der Waals surface area contributed by atoms with Gasteiger partial charge in [-0.15, -0.1) is 0 Å². The highest BCUT2D eigenvalue weighted by atomic mass is 19.4. The lowest BCUT2D eigenvalue weighted by Crippen LogP contribution is -2.29. The standard InChI is InChI=1S/C17H19F4N3O2/c18-11-3-4-14(17(19,20)21)13(8-11)15-2-1-7-23(15)16-5-6-22-24(16)9-12(26)10-25/h3-6,8,12,15,25-26H,1-2,7,9-10H2/t12?,15-/m1/s1. The summed E-state index contributed by atoms with van der Waals surface area (Å²) in [7, 11) is 0. The van der Waals surface area contributed by atoms with Gasteiger partial charge in [0.1, 0.15) is 11.6 Å². The second-order valence-electron chi connectivity index (χ2n) is 6.29. The van der Waals surface area contributed by atoms with Crippen LogP contribution in [0.25, 0.3) is 0 Å². The average molecular weight is 373 g/mol. The maximum Gasteiger partial charge on any atom is 0.416 e. The van der Waals surface area contributed by atoms with E-state index in [0.29, 0.717) is 25.2 Å². The number of aliphatic hydroxyl groups is 2. The van der Waals surface area contributed by atoms with Crippen LogP contribution in [0.15, 0.2) is 30.5 Å². The van der Waals surface area contributed by atoms with Gasteiger partial charge in [0.05, 0.1) is 37.1 Å². The Bertz CT molecular complexity index is 763. The van der Waals surface area contributed by atoms with Crippen molar-refractivity contribution in [2.45, 2.75) is 37.7 Å². The Morgan fingerprint density at radius 3 is 2.73 bits per heavy atom. The van der Waals surface area contributed by atoms with Crippen LogP contribution in [0.1, 0.15) is 30.0 Å². The number of halogens is 4. The molecule has 0 spiro atoms. The number of aliphatic hydroxyl groups excluding tert-OH is 2. The molecule has 2 heterocycles. The molecule has 0 saturated carbocycles. The van der Waals surface area contributed by atoms with Gasteiger partial charge in [-0.25, -0.2) is 9.07 Å². The number of nitrogens with zero attached hydrogens (tertiary/aromatic N) is 3. The highest BCUT2D eigenvalue weighted by Gasteiger charge is 2.39. The molecule has 1 aliphatic heterocycles. The molecule has 5 nitrogen and oxygen atoms in total. The zero-order valence-electron chi connectivity index (χ0n) is 13.8. The van der Waals surface area contributed by atoms with E-state index in [0.717, 1.165) is 18.2 Å². The Hall–Kier alpha value is -2.13. The number of benzene rings is 1. The lowest BCUT2D eigenvalue weighted by molar-refractivity contribution is -0.138. The second kappa shape index (κ2) is 7.24. The molecule has 1 fully saturated rings. The van der Waals surface area contributed by atoms with Crippen LogP contribution < -0.4 is 4.90 Å². The predicted molar refractivity (Wildman–Crippen MR) is 86.0 cm³/mol. The molecule has 0 amide bonds. The van der Waals surface area contributed by atoms with Gasteiger partial charge in [0.15, 0.2) is 0 Å². The SMILES string of the molecule is OCC(O)Cn1nccc1N1CCC[C@@H]1c1cc(F)ccc1C(F)(F)F. The van der Waals surface area contributed by atoms with Gasteiger partial charge in [-0.1, -0.05) is 0 Å². The Labute approximate surface area is 147 Å². The van der Waals surface area contributed by atoms with E-state index in [1.165, 1.54) is 10.9 Å². The van der Waals surface area contributed by atoms with E-state index in [4.69, 9.17) is 5.11 Å². The van der Waals surface area contributed by atoms with E-state index < -0.39 is 36.3 Å². The molecule has 1 aromatic carbocycles. The van der Waals surface area contributed by atoms with E-state index in [9.17, 15) is 22.7 Å². The second-order valence-corrected chi connectivity index (χ2v) is 6.29. The van der Waals surface area contributed by atoms with E-state index in [1.54, 1.807) is 11.0 Å². The predicted octanol–water partition coefficient (Wildman–Crippen LogP) is 2.74. The van der Waals surface area contributed by atoms with Gasteiger partial charge in [-0.2, -0.15) is 18.3 Å². The van der Waals surface area contributed by atoms with Crippen molar-refractivity contribution >= 4 is 5.82 Å². The Morgan fingerprint density at radius 1 is 1.27 bits per heavy atom. The fourth-order valence-corrected chi connectivity index (χ4v) is 3.40. The molecule has 0 aliphatic carbocycles. The first kappa shape index (κ1) is 18.7. The van der Waals surface area contributed by atoms with Gasteiger partial charge in [0, 0.05) is 12.6 Å². The minimum atomic E-state index is -4.58. The minimum absolute atomic E-state index is 0.0112. The molecular weight excluding hydrogens is 354 g/mol. The van der Waals surface area contributed by atoms with Crippen LogP contribution in [-0.2, 0) is 12.7 Å². The molecule has 1 saturated heterocycles. The average Bonchev–Trinajstić information content (AvgIpc) is 3.21. The summed E-state index contributed by atoms with van der Waals surface area (Å²) in [4.78, 5) is 1.74. The Morgan fingerprint density at radius 2 is 2.04 bits per heavy atom. The number of alkyl halides is 3. The van der Waals surface area contributed by atoms with Crippen molar-refractivity contribution in [1.82, 2.24) is 9.78 Å². The minimum Gasteiger partial charge on any atom is -0.394 e. The fraction of sp³-hybridized carbons (Fsp3) is 0.471. The third-order valence-corrected chi connectivity index (χ3v) is 4.51. The normalized spacial score (nSPS) is 19.2. The number of hydrogen-bond acceptors (Lipinski definition) is 4. The fourth-order valence-electron chi connectivity index (χ4n) is 3.40. The van der Waals surface area contributed by atoms with Crippen LogP contribution >= 0.6 is 0 Å². The van der Waals surface area contributed by atoms with Crippen molar-refractivity contribution in [3.05, 3.63) is 47.4 Å². The summed E-state index contributed by atoms with van der Waals surface area (Å²) in [5, 5.41) is 22.7. The molecule has 142 valence electrons. The van der Waals surface area contributed by atoms with Crippen LogP contribution in [0.4, 0.5) is 23.4 Å². The van der Waals surface area contributed by atoms with Crippen LogP contribution in [0, 0.1) is 5.82 Å². The van der Waals surface area contributed by atoms with Gasteiger partial charge in [-0.05, 0) is 36.6 Å². The van der Waals surface area contributed by atoms with Crippen molar-refractivity contribution in [2.75, 3.05) is 18.1 Å². The Balaban J connectivity index is 1.98. The lowest BCUT2D eigenvalue weighted by atomic mass is 9.97. The van der Waals surface area contributed by atoms with Crippen LogP contribution in [-0.4, -0.2) is 39.2 Å². The third-order valence-electron chi connectivity index (χ3n) is 4.51. The summed E-state index contributed by atoms with van der Waals surface area (Å²) in [6.07, 6.45) is -3.04. The molecule has 2 N–H and O–H groups in total. The smallest absolute Gasteiger partial charge is 0.394 e. The molecule has 0 bridgehead atoms. The maximum absolute atomic E-state index is 13.7. The van der Waals surface area contributed by atoms with Gasteiger partial charge < -0.3 is 15.1 Å². The third kappa shape index (κ3) is 3.68. The highest BCUT2D eigenvalue weighted by molar-refractivity contribution is 5.46. The summed E-state index contributed by atoms with van der Waals surface area (Å²) in [6, 6.07) is 3.51. The molecule has 2 atom stereocenters. The summed E-state index contributed by atoms with van der Waals surface area (Å²) in [6.45, 7) is 0.0432. The van der Waals surface area contributed by atoms with E-state index >= 15 is 0 Å². The van der Waals surface area contributed by atoms with Gasteiger partial charge in [0.25, 0.3) is 0 Å². The van der Waals surface area contributed by atoms with Crippen LogP contribution in [0.2, 0.25) is 0 Å². The summed E-state index contributed by atoms with van der Waals surface area (Å²) in [5.74, 6) is -0.193. The van der Waals surface area contributed by atoms with E-state index in [-0.39, 0.29) is 12.1 Å². The largest absolute Gasteiger partial charge is 0.416 e. The first-order valence-electron chi connectivity index (χ1n) is 8.25. The maximum atomic E-state index is 13.7. The molecule has 1 aromatic heterocycles. The first-order valence-corrected chi connectivity index (χ1v) is 8.25. The number of aromatic nitrogens is 2. The zero-order chi connectivity index (χ0) is 18.9. The molecular formula is C17H19F4N3O2. The zero-order valence-corrected chi connectivity index (χ0v) is 13.8. The molecule has 3 rings (SSSR count). The van der Waals surface area contributed by atoms with Gasteiger partial charge in [0.2, 0.25) is 0 Å². The van der Waals surface area contributed by atoms with Crippen molar-refractivity contribution in [3.63, 3.8) is 0 Å².